The van der Waals surface area contributed by atoms with Gasteiger partial charge in [-0.1, -0.05) is 48.5 Å². The first-order valence-electron chi connectivity index (χ1n) is 9.70. The lowest BCUT2D eigenvalue weighted by Crippen LogP contribution is -2.32. The maximum atomic E-state index is 12.4. The Bertz CT molecular complexity index is 994. The predicted octanol–water partition coefficient (Wildman–Crippen LogP) is 3.57. The zero-order chi connectivity index (χ0) is 19.5. The van der Waals surface area contributed by atoms with Crippen molar-refractivity contribution >= 4 is 22.8 Å². The second kappa shape index (κ2) is 7.89. The summed E-state index contributed by atoms with van der Waals surface area (Å²) < 4.78 is 7.25. The van der Waals surface area contributed by atoms with Crippen molar-refractivity contribution in [1.29, 1.82) is 0 Å². The van der Waals surface area contributed by atoms with Gasteiger partial charge in [-0.3, -0.25) is 9.59 Å². The van der Waals surface area contributed by atoms with Gasteiger partial charge in [0.05, 0.1) is 6.61 Å². The first-order chi connectivity index (χ1) is 13.7. The van der Waals surface area contributed by atoms with Crippen molar-refractivity contribution in [1.82, 2.24) is 9.47 Å². The number of amides is 1. The van der Waals surface area contributed by atoms with Gasteiger partial charge >= 0.3 is 5.97 Å². The molecule has 0 radical (unpaired) electrons. The third-order valence-corrected chi connectivity index (χ3v) is 5.29. The Balaban J connectivity index is 1.61. The zero-order valence-corrected chi connectivity index (χ0v) is 16.0. The van der Waals surface area contributed by atoms with Crippen LogP contribution in [0.3, 0.4) is 0 Å². The Hall–Kier alpha value is -3.08. The van der Waals surface area contributed by atoms with E-state index in [1.54, 1.807) is 11.8 Å². The normalized spacial score (nSPS) is 16.7. The molecule has 144 valence electrons. The molecule has 0 saturated carbocycles. The summed E-state index contributed by atoms with van der Waals surface area (Å²) in [5, 5.41) is 1.18. The Labute approximate surface area is 164 Å². The molecule has 4 rings (SSSR count). The fourth-order valence-corrected chi connectivity index (χ4v) is 4.01. The number of para-hydroxylation sites is 1. The van der Waals surface area contributed by atoms with Crippen LogP contribution in [-0.2, 0) is 20.9 Å². The van der Waals surface area contributed by atoms with E-state index in [2.05, 4.69) is 35.0 Å². The Morgan fingerprint density at radius 3 is 2.64 bits per heavy atom. The maximum absolute atomic E-state index is 12.4. The van der Waals surface area contributed by atoms with Crippen molar-refractivity contribution in [3.63, 3.8) is 0 Å². The van der Waals surface area contributed by atoms with Crippen molar-refractivity contribution in [3.8, 4) is 0 Å². The Morgan fingerprint density at radius 2 is 1.86 bits per heavy atom. The van der Waals surface area contributed by atoms with E-state index in [4.69, 9.17) is 4.74 Å². The molecule has 1 fully saturated rings. The summed E-state index contributed by atoms with van der Waals surface area (Å²) in [6, 6.07) is 18.7. The third kappa shape index (κ3) is 3.65. The molecule has 0 aliphatic carbocycles. The molecule has 0 spiro atoms. The molecule has 1 unspecified atom stereocenters. The van der Waals surface area contributed by atoms with Crippen LogP contribution in [0.4, 0.5) is 0 Å². The first kappa shape index (κ1) is 18.3. The summed E-state index contributed by atoms with van der Waals surface area (Å²) in [5.74, 6) is -0.246. The lowest BCUT2D eigenvalue weighted by atomic mass is 9.98. The molecule has 0 N–H and O–H groups in total. The van der Waals surface area contributed by atoms with E-state index in [0.29, 0.717) is 19.6 Å². The predicted molar refractivity (Wildman–Crippen MR) is 108 cm³/mol. The molecule has 1 amide bonds. The number of nitrogens with zero attached hydrogens (tertiary/aromatic N) is 2. The average Bonchev–Trinajstić information content (AvgIpc) is 3.24. The fraction of sp³-hybridized carbons (Fsp3) is 0.304. The summed E-state index contributed by atoms with van der Waals surface area (Å²) in [7, 11) is 0. The van der Waals surface area contributed by atoms with Crippen molar-refractivity contribution in [2.75, 3.05) is 19.7 Å². The van der Waals surface area contributed by atoms with E-state index in [0.717, 1.165) is 12.1 Å². The lowest BCUT2D eigenvalue weighted by molar-refractivity contribution is -0.147. The number of carbonyl (C=O) groups is 2. The summed E-state index contributed by atoms with van der Waals surface area (Å²) in [5.41, 5.74) is 3.57. The number of ether oxygens (including phenoxy) is 1. The molecule has 1 aromatic heterocycles. The van der Waals surface area contributed by atoms with E-state index < -0.39 is 0 Å². The maximum Gasteiger partial charge on any atom is 0.325 e. The molecule has 1 aliphatic heterocycles. The molecule has 5 nitrogen and oxygen atoms in total. The van der Waals surface area contributed by atoms with Gasteiger partial charge in [0.1, 0.15) is 6.54 Å². The topological polar surface area (TPSA) is 51.5 Å². The van der Waals surface area contributed by atoms with Crippen LogP contribution in [0.5, 0.6) is 0 Å². The number of aromatic nitrogens is 1. The molecular weight excluding hydrogens is 352 g/mol. The van der Waals surface area contributed by atoms with Gasteiger partial charge in [0.15, 0.2) is 0 Å². The molecule has 28 heavy (non-hydrogen) atoms. The summed E-state index contributed by atoms with van der Waals surface area (Å²) >= 11 is 0. The van der Waals surface area contributed by atoms with E-state index >= 15 is 0 Å². The van der Waals surface area contributed by atoms with Gasteiger partial charge in [-0.2, -0.15) is 0 Å². The highest BCUT2D eigenvalue weighted by Crippen LogP contribution is 2.34. The van der Waals surface area contributed by atoms with Crippen molar-refractivity contribution in [3.05, 3.63) is 71.9 Å². The number of esters is 1. The van der Waals surface area contributed by atoms with Crippen molar-refractivity contribution < 1.29 is 14.3 Å². The van der Waals surface area contributed by atoms with Gasteiger partial charge in [-0.05, 0) is 24.1 Å². The van der Waals surface area contributed by atoms with Crippen molar-refractivity contribution in [2.45, 2.75) is 25.8 Å². The fourth-order valence-electron chi connectivity index (χ4n) is 4.01. The van der Waals surface area contributed by atoms with E-state index in [1.807, 2.05) is 30.3 Å². The molecule has 1 saturated heterocycles. The number of likely N-dealkylation sites (tertiary alicyclic amines) is 1. The summed E-state index contributed by atoms with van der Waals surface area (Å²) in [6.07, 6.45) is 2.60. The standard InChI is InChI=1S/C23H24N2O3/c1-2-28-23(27)16-25-14-18(12-22(25)26)20-15-24(13-17-8-4-3-5-9-17)21-11-7-6-10-19(20)21/h3-11,15,18H,2,12-14,16H2,1H3. The Kier molecular flexibility index (Phi) is 5.15. The summed E-state index contributed by atoms with van der Waals surface area (Å²) in [6.45, 7) is 3.47. The van der Waals surface area contributed by atoms with Gasteiger partial charge in [0.2, 0.25) is 5.91 Å². The first-order valence-corrected chi connectivity index (χ1v) is 9.70. The molecule has 1 atom stereocenters. The van der Waals surface area contributed by atoms with Gasteiger partial charge in [0, 0.05) is 42.5 Å². The number of hydrogen-bond donors (Lipinski definition) is 0. The number of rotatable bonds is 6. The molecule has 2 heterocycles. The smallest absolute Gasteiger partial charge is 0.325 e. The van der Waals surface area contributed by atoms with E-state index in [-0.39, 0.29) is 24.3 Å². The highest BCUT2D eigenvalue weighted by Gasteiger charge is 2.33. The molecule has 2 aromatic carbocycles. The largest absolute Gasteiger partial charge is 0.465 e. The van der Waals surface area contributed by atoms with E-state index in [9.17, 15) is 9.59 Å². The highest BCUT2D eigenvalue weighted by atomic mass is 16.5. The van der Waals surface area contributed by atoms with Crippen LogP contribution >= 0.6 is 0 Å². The summed E-state index contributed by atoms with van der Waals surface area (Å²) in [4.78, 5) is 25.8. The van der Waals surface area contributed by atoms with Crippen LogP contribution in [0, 0.1) is 0 Å². The number of carbonyl (C=O) groups excluding carboxylic acids is 2. The number of hydrogen-bond acceptors (Lipinski definition) is 3. The quantitative estimate of drug-likeness (QED) is 0.618. The minimum atomic E-state index is -0.344. The Morgan fingerprint density at radius 1 is 1.11 bits per heavy atom. The van der Waals surface area contributed by atoms with Gasteiger partial charge in [-0.25, -0.2) is 0 Å². The van der Waals surface area contributed by atoms with Crippen LogP contribution in [-0.4, -0.2) is 41.0 Å². The zero-order valence-electron chi connectivity index (χ0n) is 16.0. The SMILES string of the molecule is CCOC(=O)CN1CC(c2cn(Cc3ccccc3)c3ccccc23)CC1=O. The third-order valence-electron chi connectivity index (χ3n) is 5.29. The average molecular weight is 376 g/mol. The van der Waals surface area contributed by atoms with Gasteiger partial charge in [-0.15, -0.1) is 0 Å². The van der Waals surface area contributed by atoms with Crippen LogP contribution < -0.4 is 0 Å². The van der Waals surface area contributed by atoms with Crippen LogP contribution in [0.1, 0.15) is 30.4 Å². The molecule has 0 bridgehead atoms. The minimum Gasteiger partial charge on any atom is -0.465 e. The van der Waals surface area contributed by atoms with Crippen LogP contribution in [0.15, 0.2) is 60.8 Å². The molecule has 1 aliphatic rings. The molecule has 3 aromatic rings. The van der Waals surface area contributed by atoms with Crippen molar-refractivity contribution in [2.24, 2.45) is 0 Å². The van der Waals surface area contributed by atoms with E-state index in [1.165, 1.54) is 16.5 Å². The molecule has 5 heteroatoms. The monoisotopic (exact) mass is 376 g/mol. The van der Waals surface area contributed by atoms with Crippen LogP contribution in [0.25, 0.3) is 10.9 Å². The van der Waals surface area contributed by atoms with Gasteiger partial charge < -0.3 is 14.2 Å². The highest BCUT2D eigenvalue weighted by molar-refractivity contribution is 5.88. The molecular formula is C23H24N2O3. The number of benzene rings is 2. The lowest BCUT2D eigenvalue weighted by Gasteiger charge is -2.15. The second-order valence-electron chi connectivity index (χ2n) is 7.20. The van der Waals surface area contributed by atoms with Crippen LogP contribution in [0.2, 0.25) is 0 Å². The number of fused-ring (bicyclic) bond motifs is 1. The minimum absolute atomic E-state index is 0.0120. The second-order valence-corrected chi connectivity index (χ2v) is 7.20. The van der Waals surface area contributed by atoms with Gasteiger partial charge in [0.25, 0.3) is 0 Å².